The molecule has 0 radical (unpaired) electrons. The number of nitrogens with zero attached hydrogens (tertiary/aromatic N) is 1. The lowest BCUT2D eigenvalue weighted by atomic mass is 9.72. The van der Waals surface area contributed by atoms with E-state index in [-0.39, 0.29) is 12.3 Å². The van der Waals surface area contributed by atoms with Crippen molar-refractivity contribution in [2.24, 2.45) is 11.8 Å². The van der Waals surface area contributed by atoms with Crippen molar-refractivity contribution >= 4 is 0 Å². The van der Waals surface area contributed by atoms with Crippen LogP contribution in [0.4, 0.5) is 8.78 Å². The second-order valence-electron chi connectivity index (χ2n) is 3.55. The summed E-state index contributed by atoms with van der Waals surface area (Å²) in [6.07, 6.45) is 0.127. The van der Waals surface area contributed by atoms with Crippen LogP contribution in [0.15, 0.2) is 0 Å². The van der Waals surface area contributed by atoms with Gasteiger partial charge in [0.1, 0.15) is 0 Å². The minimum atomic E-state index is -2.34. The van der Waals surface area contributed by atoms with E-state index in [1.165, 1.54) is 0 Å². The Labute approximate surface area is 72.7 Å². The van der Waals surface area contributed by atoms with Gasteiger partial charge in [-0.1, -0.05) is 13.8 Å². The highest BCUT2D eigenvalue weighted by Gasteiger charge is 2.58. The Morgan fingerprint density at radius 2 is 1.83 bits per heavy atom. The second-order valence-corrected chi connectivity index (χ2v) is 3.55. The molecule has 1 heterocycles. The van der Waals surface area contributed by atoms with Crippen molar-refractivity contribution < 1.29 is 8.78 Å². The van der Waals surface area contributed by atoms with Gasteiger partial charge in [-0.05, 0) is 13.0 Å². The number of alkyl halides is 2. The molecule has 0 unspecified atom stereocenters. The van der Waals surface area contributed by atoms with E-state index >= 15 is 0 Å². The fourth-order valence-electron chi connectivity index (χ4n) is 2.11. The highest BCUT2D eigenvalue weighted by Crippen LogP contribution is 2.51. The lowest BCUT2D eigenvalue weighted by Gasteiger charge is -2.38. The van der Waals surface area contributed by atoms with Crippen molar-refractivity contribution in [1.29, 1.82) is 0 Å². The summed E-state index contributed by atoms with van der Waals surface area (Å²) in [5.41, 5.74) is 0. The molecular weight excluding hydrogens is 160 g/mol. The van der Waals surface area contributed by atoms with Crippen LogP contribution in [0.2, 0.25) is 0 Å². The van der Waals surface area contributed by atoms with Gasteiger partial charge in [0.05, 0.1) is 0 Å². The molecule has 0 bridgehead atoms. The van der Waals surface area contributed by atoms with Crippen LogP contribution in [0.5, 0.6) is 0 Å². The van der Waals surface area contributed by atoms with Gasteiger partial charge >= 0.3 is 0 Å². The largest absolute Gasteiger partial charge is 0.306 e. The van der Waals surface area contributed by atoms with Crippen molar-refractivity contribution in [1.82, 2.24) is 4.90 Å². The van der Waals surface area contributed by atoms with Gasteiger partial charge in [0, 0.05) is 25.4 Å². The third-order valence-electron chi connectivity index (χ3n) is 2.70. The van der Waals surface area contributed by atoms with E-state index in [9.17, 15) is 8.78 Å². The Bertz CT molecular complexity index is 159. The quantitative estimate of drug-likeness (QED) is 0.548. The SMILES string of the molecule is CC.CN1C[C@@H]2CC(F)(F)[C@@H]2C1. The van der Waals surface area contributed by atoms with Gasteiger partial charge in [0.25, 0.3) is 5.92 Å². The van der Waals surface area contributed by atoms with Crippen molar-refractivity contribution in [2.45, 2.75) is 26.2 Å². The maximum absolute atomic E-state index is 12.6. The van der Waals surface area contributed by atoms with E-state index in [4.69, 9.17) is 0 Å². The molecule has 0 aromatic rings. The van der Waals surface area contributed by atoms with Gasteiger partial charge in [-0.2, -0.15) is 0 Å². The maximum Gasteiger partial charge on any atom is 0.252 e. The van der Waals surface area contributed by atoms with Crippen LogP contribution in [0.25, 0.3) is 0 Å². The number of hydrogen-bond acceptors (Lipinski definition) is 1. The topological polar surface area (TPSA) is 3.24 Å². The molecule has 1 aliphatic carbocycles. The Morgan fingerprint density at radius 1 is 1.25 bits per heavy atom. The predicted octanol–water partition coefficient (Wildman–Crippen LogP) is 2.23. The van der Waals surface area contributed by atoms with Crippen LogP contribution < -0.4 is 0 Å². The molecule has 1 saturated carbocycles. The fourth-order valence-corrected chi connectivity index (χ4v) is 2.11. The zero-order valence-corrected chi connectivity index (χ0v) is 7.98. The van der Waals surface area contributed by atoms with Crippen LogP contribution in [-0.2, 0) is 0 Å². The third-order valence-corrected chi connectivity index (χ3v) is 2.70. The van der Waals surface area contributed by atoms with Crippen molar-refractivity contribution in [2.75, 3.05) is 20.1 Å². The zero-order valence-electron chi connectivity index (χ0n) is 7.98. The first-order valence-corrected chi connectivity index (χ1v) is 4.66. The molecule has 1 aliphatic heterocycles. The van der Waals surface area contributed by atoms with E-state index in [1.54, 1.807) is 0 Å². The molecule has 0 aromatic carbocycles. The fraction of sp³-hybridized carbons (Fsp3) is 1.00. The molecule has 12 heavy (non-hydrogen) atoms. The van der Waals surface area contributed by atoms with Crippen LogP contribution in [0.3, 0.4) is 0 Å². The summed E-state index contributed by atoms with van der Waals surface area (Å²) in [7, 11) is 1.91. The van der Waals surface area contributed by atoms with Gasteiger partial charge < -0.3 is 4.90 Å². The van der Waals surface area contributed by atoms with E-state index < -0.39 is 5.92 Å². The molecule has 2 atom stereocenters. The number of hydrogen-bond donors (Lipinski definition) is 0. The van der Waals surface area contributed by atoms with Crippen LogP contribution >= 0.6 is 0 Å². The molecular formula is C9H17F2N. The third kappa shape index (κ3) is 1.47. The molecule has 1 nitrogen and oxygen atoms in total. The average molecular weight is 177 g/mol. The van der Waals surface area contributed by atoms with E-state index in [0.29, 0.717) is 12.5 Å². The summed E-state index contributed by atoms with van der Waals surface area (Å²) in [4.78, 5) is 2.00. The molecule has 0 amide bonds. The Balaban J connectivity index is 0.000000336. The number of likely N-dealkylation sites (tertiary alicyclic amines) is 1. The molecule has 1 saturated heterocycles. The van der Waals surface area contributed by atoms with Crippen LogP contribution in [-0.4, -0.2) is 31.0 Å². The minimum absolute atomic E-state index is 0.127. The summed E-state index contributed by atoms with van der Waals surface area (Å²) in [5, 5.41) is 0. The normalized spacial score (nSPS) is 37.8. The van der Waals surface area contributed by atoms with E-state index in [2.05, 4.69) is 0 Å². The summed E-state index contributed by atoms with van der Waals surface area (Å²) in [6, 6.07) is 0. The molecule has 0 aromatic heterocycles. The van der Waals surface area contributed by atoms with Gasteiger partial charge in [0.15, 0.2) is 0 Å². The molecule has 3 heteroatoms. The lowest BCUT2D eigenvalue weighted by Crippen LogP contribution is -2.46. The van der Waals surface area contributed by atoms with Crippen molar-refractivity contribution in [3.05, 3.63) is 0 Å². The molecule has 0 spiro atoms. The van der Waals surface area contributed by atoms with Gasteiger partial charge in [-0.15, -0.1) is 0 Å². The van der Waals surface area contributed by atoms with Crippen LogP contribution in [0, 0.1) is 11.8 Å². The van der Waals surface area contributed by atoms with Gasteiger partial charge in [0.2, 0.25) is 0 Å². The first-order valence-electron chi connectivity index (χ1n) is 4.66. The van der Waals surface area contributed by atoms with E-state index in [0.717, 1.165) is 6.54 Å². The monoisotopic (exact) mass is 177 g/mol. The number of fused-ring (bicyclic) bond motifs is 1. The van der Waals surface area contributed by atoms with Gasteiger partial charge in [-0.25, -0.2) is 8.78 Å². The summed E-state index contributed by atoms with van der Waals surface area (Å²) >= 11 is 0. The minimum Gasteiger partial charge on any atom is -0.306 e. The highest BCUT2D eigenvalue weighted by atomic mass is 19.3. The number of halogens is 2. The van der Waals surface area contributed by atoms with Crippen molar-refractivity contribution in [3.63, 3.8) is 0 Å². The van der Waals surface area contributed by atoms with Crippen LogP contribution in [0.1, 0.15) is 20.3 Å². The maximum atomic E-state index is 12.6. The lowest BCUT2D eigenvalue weighted by molar-refractivity contribution is -0.152. The first-order chi connectivity index (χ1) is 5.59. The average Bonchev–Trinajstić information content (AvgIpc) is 2.32. The summed E-state index contributed by atoms with van der Waals surface area (Å²) in [6.45, 7) is 5.47. The molecule has 72 valence electrons. The second kappa shape index (κ2) is 3.29. The standard InChI is InChI=1S/C7H11F2N.C2H6/c1-10-3-5-2-7(8,9)6(5)4-10;1-2/h5-6H,2-4H2,1H3;1-2H3/t5-,6+;/m0./s1. The molecule has 2 rings (SSSR count). The zero-order chi connectivity index (χ0) is 9.35. The molecule has 2 fully saturated rings. The highest BCUT2D eigenvalue weighted by molar-refractivity contribution is 5.01. The Morgan fingerprint density at radius 3 is 2.17 bits per heavy atom. The number of rotatable bonds is 0. The van der Waals surface area contributed by atoms with E-state index in [1.807, 2.05) is 25.8 Å². The Hall–Kier alpha value is -0.180. The smallest absolute Gasteiger partial charge is 0.252 e. The first kappa shape index (κ1) is 9.90. The molecule has 2 aliphatic rings. The molecule has 0 N–H and O–H groups in total. The van der Waals surface area contributed by atoms with Crippen molar-refractivity contribution in [3.8, 4) is 0 Å². The summed E-state index contributed by atoms with van der Waals surface area (Å²) < 4.78 is 25.3. The Kier molecular flexibility index (Phi) is 2.71. The van der Waals surface area contributed by atoms with Gasteiger partial charge in [-0.3, -0.25) is 0 Å². The summed E-state index contributed by atoms with van der Waals surface area (Å²) in [5.74, 6) is -2.37. The predicted molar refractivity (Wildman–Crippen MR) is 45.4 cm³/mol.